The van der Waals surface area contributed by atoms with Gasteiger partial charge < -0.3 is 14.7 Å². The Hall–Kier alpha value is -2.61. The van der Waals surface area contributed by atoms with Gasteiger partial charge in [0.15, 0.2) is 0 Å². The van der Waals surface area contributed by atoms with Gasteiger partial charge in [-0.2, -0.15) is 0 Å². The zero-order valence-corrected chi connectivity index (χ0v) is 20.3. The molecular weight excluding hydrogens is 463 g/mol. The van der Waals surface area contributed by atoms with Gasteiger partial charge in [0, 0.05) is 40.6 Å². The van der Waals surface area contributed by atoms with Gasteiger partial charge in [-0.1, -0.05) is 35.3 Å². The Morgan fingerprint density at radius 3 is 2.45 bits per heavy atom. The maximum Gasteiger partial charge on any atom is 0.410 e. The second-order valence-corrected chi connectivity index (χ2v) is 9.87. The van der Waals surface area contributed by atoms with Crippen molar-refractivity contribution in [1.29, 1.82) is 0 Å². The van der Waals surface area contributed by atoms with Gasteiger partial charge in [0.2, 0.25) is 5.95 Å². The number of halogens is 2. The summed E-state index contributed by atoms with van der Waals surface area (Å²) >= 11 is 12.3. The summed E-state index contributed by atoms with van der Waals surface area (Å²) in [4.78, 5) is 25.8. The van der Waals surface area contributed by atoms with E-state index in [9.17, 15) is 9.90 Å². The minimum atomic E-state index is -0.609. The molecule has 1 aromatic heterocycles. The number of hydrogen-bond donors (Lipinski definition) is 1. The highest BCUT2D eigenvalue weighted by atomic mass is 35.5. The minimum Gasteiger partial charge on any atom is -0.444 e. The quantitative estimate of drug-likeness (QED) is 0.557. The van der Waals surface area contributed by atoms with Crippen LogP contribution in [0.5, 0.6) is 0 Å². The van der Waals surface area contributed by atoms with Crippen LogP contribution in [0.25, 0.3) is 22.2 Å². The number of aliphatic hydroxyl groups excluding tert-OH is 1. The number of aromatic nitrogens is 2. The van der Waals surface area contributed by atoms with Crippen LogP contribution in [-0.4, -0.2) is 64.0 Å². The van der Waals surface area contributed by atoms with Gasteiger partial charge in [-0.05, 0) is 51.1 Å². The lowest BCUT2D eigenvalue weighted by Gasteiger charge is -2.41. The van der Waals surface area contributed by atoms with E-state index < -0.39 is 17.7 Å². The molecule has 0 unspecified atom stereocenters. The largest absolute Gasteiger partial charge is 0.444 e. The molecular formula is C24H26Cl2N4O3. The first kappa shape index (κ1) is 23.5. The fraction of sp³-hybridized carbons (Fsp3) is 0.375. The number of carbonyl (C=O) groups excluding carboxylic acids is 1. The number of carbonyl (C=O) groups is 1. The summed E-state index contributed by atoms with van der Waals surface area (Å²) in [5, 5.41) is 12.1. The van der Waals surface area contributed by atoms with E-state index >= 15 is 0 Å². The zero-order valence-electron chi connectivity index (χ0n) is 18.8. The molecule has 174 valence electrons. The fourth-order valence-corrected chi connectivity index (χ4v) is 4.11. The van der Waals surface area contributed by atoms with Crippen LogP contribution in [0.15, 0.2) is 42.5 Å². The molecule has 2 aromatic carbocycles. The summed E-state index contributed by atoms with van der Waals surface area (Å²) in [6, 6.07) is 12.6. The first-order chi connectivity index (χ1) is 15.6. The minimum absolute atomic E-state index is 0.195. The fourth-order valence-electron chi connectivity index (χ4n) is 3.81. The van der Waals surface area contributed by atoms with E-state index in [-0.39, 0.29) is 6.61 Å². The van der Waals surface area contributed by atoms with Crippen LogP contribution in [0, 0.1) is 0 Å². The van der Waals surface area contributed by atoms with Crippen molar-refractivity contribution >= 4 is 46.1 Å². The van der Waals surface area contributed by atoms with Crippen molar-refractivity contribution in [3.05, 3.63) is 52.5 Å². The van der Waals surface area contributed by atoms with Crippen molar-refractivity contribution in [2.75, 3.05) is 31.1 Å². The summed E-state index contributed by atoms with van der Waals surface area (Å²) in [6.45, 7) is 6.53. The molecule has 1 aliphatic heterocycles. The third-order valence-electron chi connectivity index (χ3n) is 5.37. The molecule has 3 aromatic rings. The van der Waals surface area contributed by atoms with Gasteiger partial charge in [0.05, 0.1) is 23.9 Å². The third kappa shape index (κ3) is 5.32. The highest BCUT2D eigenvalue weighted by Crippen LogP contribution is 2.31. The molecule has 33 heavy (non-hydrogen) atoms. The number of anilines is 1. The predicted molar refractivity (Wildman–Crippen MR) is 131 cm³/mol. The summed E-state index contributed by atoms with van der Waals surface area (Å²) in [5.41, 5.74) is 1.77. The Kier molecular flexibility index (Phi) is 6.66. The van der Waals surface area contributed by atoms with Crippen molar-refractivity contribution in [2.24, 2.45) is 0 Å². The molecule has 1 saturated heterocycles. The van der Waals surface area contributed by atoms with Crippen molar-refractivity contribution in [1.82, 2.24) is 14.9 Å². The number of amides is 1. The van der Waals surface area contributed by atoms with Gasteiger partial charge in [-0.15, -0.1) is 0 Å². The Bertz CT molecular complexity index is 1160. The number of fused-ring (bicyclic) bond motifs is 1. The van der Waals surface area contributed by atoms with E-state index in [0.29, 0.717) is 41.1 Å². The van der Waals surface area contributed by atoms with Crippen LogP contribution in [0.2, 0.25) is 10.0 Å². The van der Waals surface area contributed by atoms with Crippen molar-refractivity contribution in [2.45, 2.75) is 32.4 Å². The van der Waals surface area contributed by atoms with Gasteiger partial charge in [-0.3, -0.25) is 4.90 Å². The molecule has 0 spiro atoms. The van der Waals surface area contributed by atoms with Gasteiger partial charge >= 0.3 is 6.09 Å². The van der Waals surface area contributed by atoms with E-state index in [1.54, 1.807) is 4.90 Å². The maximum absolute atomic E-state index is 12.6. The number of ether oxygens (including phenoxy) is 1. The van der Waals surface area contributed by atoms with Crippen LogP contribution in [0.4, 0.5) is 10.7 Å². The summed E-state index contributed by atoms with van der Waals surface area (Å²) in [6.07, 6.45) is -0.436. The second-order valence-electron chi connectivity index (χ2n) is 9.00. The van der Waals surface area contributed by atoms with E-state index in [0.717, 1.165) is 16.6 Å². The maximum atomic E-state index is 12.6. The lowest BCUT2D eigenvalue weighted by Crippen LogP contribution is -2.57. The van der Waals surface area contributed by atoms with Crippen molar-refractivity contribution in [3.8, 4) is 11.3 Å². The molecule has 1 fully saturated rings. The molecule has 7 nitrogen and oxygen atoms in total. The number of hydrogen-bond acceptors (Lipinski definition) is 6. The number of benzene rings is 2. The number of piperazine rings is 1. The van der Waals surface area contributed by atoms with Crippen LogP contribution in [-0.2, 0) is 4.74 Å². The molecule has 1 atom stereocenters. The summed E-state index contributed by atoms with van der Waals surface area (Å²) < 4.78 is 5.51. The predicted octanol–water partition coefficient (Wildman–Crippen LogP) is 5.02. The normalized spacial score (nSPS) is 16.8. The molecule has 0 bridgehead atoms. The number of rotatable bonds is 3. The molecule has 1 amide bonds. The second kappa shape index (κ2) is 9.33. The Morgan fingerprint density at radius 2 is 1.79 bits per heavy atom. The molecule has 4 rings (SSSR count). The Labute approximate surface area is 202 Å². The van der Waals surface area contributed by atoms with Crippen LogP contribution in [0.3, 0.4) is 0 Å². The average Bonchev–Trinajstić information content (AvgIpc) is 2.77. The summed E-state index contributed by atoms with van der Waals surface area (Å²) in [5.74, 6) is 0.511. The summed E-state index contributed by atoms with van der Waals surface area (Å²) in [7, 11) is 0. The number of nitrogens with zero attached hydrogens (tertiary/aromatic N) is 4. The Balaban J connectivity index is 1.68. The smallest absolute Gasteiger partial charge is 0.410 e. The van der Waals surface area contributed by atoms with Gasteiger partial charge in [0.1, 0.15) is 5.60 Å². The first-order valence-electron chi connectivity index (χ1n) is 10.7. The van der Waals surface area contributed by atoms with E-state index in [2.05, 4.69) is 0 Å². The van der Waals surface area contributed by atoms with Crippen LogP contribution in [0.1, 0.15) is 20.8 Å². The standard InChI is InChI=1S/C24H26Cl2N4O3/c1-24(2,3)33-23(32)30-11-10-29(13-18(30)14-31)22-27-20-12-17(26)8-9-19(20)21(28-22)15-4-6-16(25)7-5-15/h4-9,12,18,31H,10-11,13-14H2,1-3H3/t18-/m0/s1. The highest BCUT2D eigenvalue weighted by molar-refractivity contribution is 6.31. The number of aliphatic hydroxyl groups is 1. The highest BCUT2D eigenvalue weighted by Gasteiger charge is 2.34. The van der Waals surface area contributed by atoms with E-state index in [4.69, 9.17) is 37.9 Å². The third-order valence-corrected chi connectivity index (χ3v) is 5.86. The van der Waals surface area contributed by atoms with Crippen LogP contribution < -0.4 is 4.90 Å². The molecule has 2 heterocycles. The van der Waals surface area contributed by atoms with Crippen LogP contribution >= 0.6 is 23.2 Å². The molecule has 0 radical (unpaired) electrons. The molecule has 1 aliphatic rings. The zero-order chi connectivity index (χ0) is 23.8. The SMILES string of the molecule is CC(C)(C)OC(=O)N1CCN(c2nc(-c3ccc(Cl)cc3)c3ccc(Cl)cc3n2)C[C@H]1CO. The molecule has 1 N–H and O–H groups in total. The Morgan fingerprint density at radius 1 is 1.09 bits per heavy atom. The molecule has 0 saturated carbocycles. The van der Waals surface area contributed by atoms with E-state index in [1.807, 2.05) is 68.1 Å². The van der Waals surface area contributed by atoms with Crippen molar-refractivity contribution in [3.63, 3.8) is 0 Å². The average molecular weight is 489 g/mol. The monoisotopic (exact) mass is 488 g/mol. The molecule has 9 heteroatoms. The van der Waals surface area contributed by atoms with Gasteiger partial charge in [0.25, 0.3) is 0 Å². The van der Waals surface area contributed by atoms with E-state index in [1.165, 1.54) is 0 Å². The van der Waals surface area contributed by atoms with Gasteiger partial charge in [-0.25, -0.2) is 14.8 Å². The lowest BCUT2D eigenvalue weighted by atomic mass is 10.1. The topological polar surface area (TPSA) is 78.8 Å². The lowest BCUT2D eigenvalue weighted by molar-refractivity contribution is 0.00694. The first-order valence-corrected chi connectivity index (χ1v) is 11.5. The molecule has 0 aliphatic carbocycles. The van der Waals surface area contributed by atoms with Crippen molar-refractivity contribution < 1.29 is 14.6 Å².